The third-order valence-electron chi connectivity index (χ3n) is 6.49. The Morgan fingerprint density at radius 3 is 2.02 bits per heavy atom. The summed E-state index contributed by atoms with van der Waals surface area (Å²) in [5.41, 5.74) is 1.87. The lowest BCUT2D eigenvalue weighted by molar-refractivity contribution is -0.137. The summed E-state index contributed by atoms with van der Waals surface area (Å²) in [4.78, 5) is 25.4. The first-order valence-corrected chi connectivity index (χ1v) is 14.1. The van der Waals surface area contributed by atoms with Gasteiger partial charge in [0.15, 0.2) is 0 Å². The van der Waals surface area contributed by atoms with Crippen LogP contribution in [0, 0.1) is 0 Å². The van der Waals surface area contributed by atoms with Crippen molar-refractivity contribution in [3.05, 3.63) is 84.5 Å². The molecule has 3 aromatic rings. The molecular weight excluding hydrogens is 532 g/mol. The molecule has 0 aliphatic carbocycles. The topological polar surface area (TPSA) is 124 Å². The average molecular weight is 567 g/mol. The van der Waals surface area contributed by atoms with Gasteiger partial charge < -0.3 is 19.8 Å². The third kappa shape index (κ3) is 6.81. The zero-order valence-corrected chi connectivity index (χ0v) is 23.8. The first-order valence-electron chi connectivity index (χ1n) is 12.7. The Morgan fingerprint density at radius 2 is 1.50 bits per heavy atom. The summed E-state index contributed by atoms with van der Waals surface area (Å²) in [7, 11) is -2.81. The maximum atomic E-state index is 13.7. The van der Waals surface area contributed by atoms with E-state index in [0.29, 0.717) is 28.8 Å². The molecule has 0 spiro atoms. The molecule has 3 aromatic carbocycles. The summed E-state index contributed by atoms with van der Waals surface area (Å²) in [6.07, 6.45) is 5.70. The highest BCUT2D eigenvalue weighted by atomic mass is 32.2. The number of benzene rings is 3. The molecule has 0 bridgehead atoms. The van der Waals surface area contributed by atoms with Gasteiger partial charge in [0, 0.05) is 29.0 Å². The largest absolute Gasteiger partial charge is 0.497 e. The lowest BCUT2D eigenvalue weighted by atomic mass is 10.0. The zero-order valence-electron chi connectivity index (χ0n) is 22.9. The van der Waals surface area contributed by atoms with Crippen molar-refractivity contribution in [2.75, 3.05) is 29.4 Å². The van der Waals surface area contributed by atoms with Crippen LogP contribution >= 0.6 is 0 Å². The molecule has 0 heterocycles. The van der Waals surface area contributed by atoms with E-state index in [1.165, 1.54) is 31.4 Å². The third-order valence-corrected chi connectivity index (χ3v) is 8.26. The second kappa shape index (κ2) is 13.2. The number of carboxylic acid groups (broad SMARTS) is 2. The molecule has 9 nitrogen and oxygen atoms in total. The molecule has 0 radical (unpaired) electrons. The molecule has 0 unspecified atom stereocenters. The van der Waals surface area contributed by atoms with Crippen molar-refractivity contribution < 1.29 is 33.0 Å². The molecule has 0 fully saturated rings. The fraction of sp³-hybridized carbons (Fsp3) is 0.267. The SMILES string of the molecule is C/C=C\C(=C/C)CN(c1ccc(N(CC(=O)O)S(=O)(=O)c2ccc(OC)cc2)c2ccccc12)[C@@H](C)CC(=O)O. The van der Waals surface area contributed by atoms with E-state index in [9.17, 15) is 28.2 Å². The lowest BCUT2D eigenvalue weighted by Crippen LogP contribution is -2.37. The predicted octanol–water partition coefficient (Wildman–Crippen LogP) is 5.32. The van der Waals surface area contributed by atoms with Crippen LogP contribution in [0.15, 0.2) is 89.4 Å². The number of hydrogen-bond acceptors (Lipinski definition) is 6. The van der Waals surface area contributed by atoms with Gasteiger partial charge in [0.1, 0.15) is 12.3 Å². The molecule has 1 atom stereocenters. The molecule has 0 amide bonds. The van der Waals surface area contributed by atoms with Gasteiger partial charge in [-0.3, -0.25) is 13.9 Å². The Kier molecular flexibility index (Phi) is 9.95. The van der Waals surface area contributed by atoms with E-state index in [1.807, 2.05) is 50.0 Å². The summed E-state index contributed by atoms with van der Waals surface area (Å²) >= 11 is 0. The summed E-state index contributed by atoms with van der Waals surface area (Å²) in [5, 5.41) is 20.4. The number of methoxy groups -OCH3 is 1. The first-order chi connectivity index (χ1) is 19.0. The van der Waals surface area contributed by atoms with Crippen molar-refractivity contribution in [3.63, 3.8) is 0 Å². The van der Waals surface area contributed by atoms with E-state index in [2.05, 4.69) is 0 Å². The van der Waals surface area contributed by atoms with E-state index >= 15 is 0 Å². The Labute approximate surface area is 234 Å². The number of nitrogens with zero attached hydrogens (tertiary/aromatic N) is 2. The molecular formula is C30H34N2O7S. The molecule has 3 rings (SSSR count). The highest BCUT2D eigenvalue weighted by molar-refractivity contribution is 7.92. The smallest absolute Gasteiger partial charge is 0.324 e. The number of sulfonamides is 1. The van der Waals surface area contributed by atoms with Gasteiger partial charge >= 0.3 is 11.9 Å². The fourth-order valence-electron chi connectivity index (χ4n) is 4.52. The fourth-order valence-corrected chi connectivity index (χ4v) is 5.96. The second-order valence-electron chi connectivity index (χ2n) is 9.17. The lowest BCUT2D eigenvalue weighted by Gasteiger charge is -2.33. The highest BCUT2D eigenvalue weighted by Gasteiger charge is 2.30. The van der Waals surface area contributed by atoms with Crippen molar-refractivity contribution in [2.45, 2.75) is 38.1 Å². The van der Waals surface area contributed by atoms with Crippen LogP contribution < -0.4 is 13.9 Å². The minimum atomic E-state index is -4.27. The Hall–Kier alpha value is -4.31. The van der Waals surface area contributed by atoms with Crippen LogP contribution in [0.4, 0.5) is 11.4 Å². The van der Waals surface area contributed by atoms with Gasteiger partial charge in [-0.1, -0.05) is 42.5 Å². The van der Waals surface area contributed by atoms with E-state index in [-0.39, 0.29) is 17.0 Å². The highest BCUT2D eigenvalue weighted by Crippen LogP contribution is 2.38. The number of carbonyl (C=O) groups is 2. The monoisotopic (exact) mass is 566 g/mol. The van der Waals surface area contributed by atoms with Crippen LogP contribution in [-0.4, -0.2) is 56.8 Å². The molecule has 0 aliphatic heterocycles. The van der Waals surface area contributed by atoms with Gasteiger partial charge in [0.2, 0.25) is 0 Å². The summed E-state index contributed by atoms with van der Waals surface area (Å²) in [6.45, 7) is 5.26. The minimum Gasteiger partial charge on any atom is -0.497 e. The molecule has 0 saturated heterocycles. The van der Waals surface area contributed by atoms with E-state index in [0.717, 1.165) is 9.88 Å². The van der Waals surface area contributed by atoms with Crippen LogP contribution in [-0.2, 0) is 19.6 Å². The van der Waals surface area contributed by atoms with E-state index < -0.39 is 34.5 Å². The van der Waals surface area contributed by atoms with Crippen LogP contribution in [0.3, 0.4) is 0 Å². The van der Waals surface area contributed by atoms with Gasteiger partial charge in [0.25, 0.3) is 10.0 Å². The van der Waals surface area contributed by atoms with Gasteiger partial charge in [-0.25, -0.2) is 8.42 Å². The number of hydrogen-bond donors (Lipinski definition) is 2. The summed E-state index contributed by atoms with van der Waals surface area (Å²) in [6, 6.07) is 15.7. The maximum Gasteiger partial charge on any atom is 0.324 e. The van der Waals surface area contributed by atoms with Gasteiger partial charge in [-0.15, -0.1) is 0 Å². The standard InChI is InChI=1S/C30H34N2O7S/c1-5-9-22(6-2)19-31(21(3)18-29(33)34)27-16-17-28(26-11-8-7-10-25(26)27)32(20-30(35)36)40(37,38)24-14-12-23(39-4)13-15-24/h5-17,21H,18-20H2,1-4H3,(H,33,34)(H,35,36)/b9-5-,22-6+/t21-/m0/s1. The van der Waals surface area contributed by atoms with Crippen molar-refractivity contribution >= 4 is 44.1 Å². The molecule has 40 heavy (non-hydrogen) atoms. The number of carboxylic acids is 2. The van der Waals surface area contributed by atoms with Crippen LogP contribution in [0.5, 0.6) is 5.75 Å². The molecule has 10 heteroatoms. The number of rotatable bonds is 13. The summed E-state index contributed by atoms with van der Waals surface area (Å²) < 4.78 is 33.5. The zero-order chi connectivity index (χ0) is 29.4. The van der Waals surface area contributed by atoms with Gasteiger partial charge in [-0.05, 0) is 62.7 Å². The minimum absolute atomic E-state index is 0.0801. The maximum absolute atomic E-state index is 13.7. The molecule has 0 aromatic heterocycles. The van der Waals surface area contributed by atoms with Crippen molar-refractivity contribution in [1.29, 1.82) is 0 Å². The predicted molar refractivity (Wildman–Crippen MR) is 157 cm³/mol. The number of anilines is 2. The van der Waals surface area contributed by atoms with Crippen LogP contribution in [0.25, 0.3) is 10.8 Å². The van der Waals surface area contributed by atoms with Gasteiger partial charge in [0.05, 0.1) is 24.1 Å². The number of ether oxygens (including phenoxy) is 1. The van der Waals surface area contributed by atoms with Crippen molar-refractivity contribution in [3.8, 4) is 5.75 Å². The number of allylic oxidation sites excluding steroid dienone is 2. The van der Waals surface area contributed by atoms with Crippen molar-refractivity contribution in [1.82, 2.24) is 0 Å². The molecule has 0 saturated carbocycles. The quantitative estimate of drug-likeness (QED) is 0.266. The number of fused-ring (bicyclic) bond motifs is 1. The second-order valence-corrected chi connectivity index (χ2v) is 11.0. The Balaban J connectivity index is 2.23. The normalized spacial score (nSPS) is 12.8. The van der Waals surface area contributed by atoms with Crippen molar-refractivity contribution in [2.24, 2.45) is 0 Å². The Morgan fingerprint density at radius 1 is 0.900 bits per heavy atom. The van der Waals surface area contributed by atoms with Crippen LogP contribution in [0.2, 0.25) is 0 Å². The first kappa shape index (κ1) is 30.2. The summed E-state index contributed by atoms with van der Waals surface area (Å²) in [5.74, 6) is -1.79. The van der Waals surface area contributed by atoms with Gasteiger partial charge in [-0.2, -0.15) is 0 Å². The number of aliphatic carboxylic acids is 2. The van der Waals surface area contributed by atoms with Crippen LogP contribution in [0.1, 0.15) is 27.2 Å². The average Bonchev–Trinajstić information content (AvgIpc) is 2.93. The Bertz CT molecular complexity index is 1530. The molecule has 0 aliphatic rings. The van der Waals surface area contributed by atoms with E-state index in [4.69, 9.17) is 4.74 Å². The molecule has 2 N–H and O–H groups in total. The molecule has 212 valence electrons. The van der Waals surface area contributed by atoms with E-state index in [1.54, 1.807) is 30.3 Å².